The molecule has 6 atom stereocenters. The van der Waals surface area contributed by atoms with Gasteiger partial charge < -0.3 is 0 Å². The SMILES string of the molecule is CC12CCC(C(CN(CC3C(=O)C4(C)CCC3C4(C)C)N=O)C1=O)C2(C)C. The van der Waals surface area contributed by atoms with Gasteiger partial charge in [0.15, 0.2) is 0 Å². The predicted molar refractivity (Wildman–Crippen MR) is 104 cm³/mol. The minimum Gasteiger partial charge on any atom is -0.299 e. The fraction of sp³-hybridized carbons (Fsp3) is 0.909. The van der Waals surface area contributed by atoms with Gasteiger partial charge in [0, 0.05) is 35.8 Å². The number of nitroso groups, excluding NO2 is 1. The van der Waals surface area contributed by atoms with Gasteiger partial charge in [0.1, 0.15) is 11.6 Å². The Morgan fingerprint density at radius 1 is 0.815 bits per heavy atom. The molecule has 0 heterocycles. The minimum absolute atomic E-state index is 0.0268. The molecule has 6 unspecified atom stereocenters. The molecule has 4 aliphatic carbocycles. The minimum atomic E-state index is -0.283. The summed E-state index contributed by atoms with van der Waals surface area (Å²) in [6.07, 6.45) is 3.99. The van der Waals surface area contributed by atoms with Crippen LogP contribution in [-0.4, -0.2) is 29.7 Å². The molecule has 0 aliphatic heterocycles. The molecule has 4 saturated carbocycles. The average Bonchev–Trinajstić information content (AvgIpc) is 3.07. The summed E-state index contributed by atoms with van der Waals surface area (Å²) >= 11 is 0. The van der Waals surface area contributed by atoms with Gasteiger partial charge >= 0.3 is 0 Å². The van der Waals surface area contributed by atoms with E-state index in [-0.39, 0.29) is 33.5 Å². The molecule has 27 heavy (non-hydrogen) atoms. The molecule has 0 spiro atoms. The number of hydrogen-bond donors (Lipinski definition) is 0. The van der Waals surface area contributed by atoms with E-state index in [0.717, 1.165) is 25.7 Å². The highest BCUT2D eigenvalue weighted by atomic mass is 16.3. The van der Waals surface area contributed by atoms with Crippen molar-refractivity contribution in [2.45, 2.75) is 67.2 Å². The summed E-state index contributed by atoms with van der Waals surface area (Å²) in [7, 11) is 0. The first kappa shape index (κ1) is 19.1. The van der Waals surface area contributed by atoms with Gasteiger partial charge in [0.2, 0.25) is 0 Å². The summed E-state index contributed by atoms with van der Waals surface area (Å²) in [4.78, 5) is 37.8. The highest BCUT2D eigenvalue weighted by Crippen LogP contribution is 2.67. The van der Waals surface area contributed by atoms with E-state index in [1.807, 2.05) is 0 Å². The number of nitrogens with zero attached hydrogens (tertiary/aromatic N) is 2. The maximum Gasteiger partial charge on any atom is 0.144 e. The molecule has 4 bridgehead atoms. The van der Waals surface area contributed by atoms with Crippen LogP contribution in [0.4, 0.5) is 0 Å². The molecule has 0 aromatic rings. The van der Waals surface area contributed by atoms with E-state index in [0.29, 0.717) is 36.5 Å². The number of carbonyl (C=O) groups excluding carboxylic acids is 2. The average molecular weight is 375 g/mol. The summed E-state index contributed by atoms with van der Waals surface area (Å²) in [5.74, 6) is 0.947. The van der Waals surface area contributed by atoms with Crippen molar-refractivity contribution in [1.29, 1.82) is 0 Å². The smallest absolute Gasteiger partial charge is 0.144 e. The third kappa shape index (κ3) is 2.06. The Morgan fingerprint density at radius 2 is 1.19 bits per heavy atom. The molecular formula is C22H34N2O3. The summed E-state index contributed by atoms with van der Waals surface area (Å²) in [6.45, 7) is 13.7. The van der Waals surface area contributed by atoms with E-state index in [9.17, 15) is 14.5 Å². The largest absolute Gasteiger partial charge is 0.299 e. The first-order chi connectivity index (χ1) is 12.4. The van der Waals surface area contributed by atoms with Crippen molar-refractivity contribution >= 4 is 11.6 Å². The van der Waals surface area contributed by atoms with Crippen LogP contribution in [0.25, 0.3) is 0 Å². The van der Waals surface area contributed by atoms with Gasteiger partial charge in [-0.25, -0.2) is 0 Å². The van der Waals surface area contributed by atoms with Gasteiger partial charge in [0.05, 0.1) is 5.29 Å². The number of carbonyl (C=O) groups is 2. The lowest BCUT2D eigenvalue weighted by Gasteiger charge is -2.32. The van der Waals surface area contributed by atoms with Crippen LogP contribution in [0.5, 0.6) is 0 Å². The van der Waals surface area contributed by atoms with Gasteiger partial charge in [0.25, 0.3) is 0 Å². The van der Waals surface area contributed by atoms with E-state index in [1.165, 1.54) is 5.01 Å². The van der Waals surface area contributed by atoms with Crippen LogP contribution in [0.2, 0.25) is 0 Å². The Hall–Kier alpha value is -1.26. The number of rotatable bonds is 5. The number of fused-ring (bicyclic) bond motifs is 4. The van der Waals surface area contributed by atoms with Crippen molar-refractivity contribution in [1.82, 2.24) is 5.01 Å². The zero-order valence-electron chi connectivity index (χ0n) is 17.7. The molecule has 0 aromatic carbocycles. The molecule has 0 saturated heterocycles. The van der Waals surface area contributed by atoms with E-state index in [2.05, 4.69) is 46.8 Å². The highest BCUT2D eigenvalue weighted by molar-refractivity contribution is 5.92. The van der Waals surface area contributed by atoms with Gasteiger partial charge in [-0.15, -0.1) is 4.91 Å². The summed E-state index contributed by atoms with van der Waals surface area (Å²) < 4.78 is 0. The molecule has 0 N–H and O–H groups in total. The lowest BCUT2D eigenvalue weighted by molar-refractivity contribution is -0.132. The maximum absolute atomic E-state index is 13.1. The monoisotopic (exact) mass is 374 g/mol. The number of Topliss-reactive ketones (excluding diaryl/α,β-unsaturated/α-hetero) is 2. The molecule has 150 valence electrons. The van der Waals surface area contributed by atoms with Crippen molar-refractivity contribution in [2.75, 3.05) is 13.1 Å². The Balaban J connectivity index is 1.52. The molecule has 0 aromatic heterocycles. The molecule has 0 amide bonds. The third-order valence-corrected chi connectivity index (χ3v) is 10.3. The van der Waals surface area contributed by atoms with Gasteiger partial charge in [-0.05, 0) is 48.3 Å². The fourth-order valence-electron chi connectivity index (χ4n) is 7.56. The Bertz CT molecular complexity index is 658. The van der Waals surface area contributed by atoms with Crippen LogP contribution in [-0.2, 0) is 9.59 Å². The zero-order chi connectivity index (χ0) is 20.0. The second-order valence-electron chi connectivity index (χ2n) is 11.3. The normalized spacial score (nSPS) is 46.3. The van der Waals surface area contributed by atoms with Crippen LogP contribution >= 0.6 is 0 Å². The van der Waals surface area contributed by atoms with Crippen LogP contribution in [0.3, 0.4) is 0 Å². The van der Waals surface area contributed by atoms with Crippen molar-refractivity contribution in [3.63, 3.8) is 0 Å². The first-order valence-electron chi connectivity index (χ1n) is 10.6. The Kier molecular flexibility index (Phi) is 3.83. The molecule has 4 fully saturated rings. The van der Waals surface area contributed by atoms with Crippen LogP contribution in [0, 0.1) is 50.2 Å². The van der Waals surface area contributed by atoms with Crippen LogP contribution in [0.15, 0.2) is 5.29 Å². The van der Waals surface area contributed by atoms with Crippen molar-refractivity contribution < 1.29 is 9.59 Å². The first-order valence-corrected chi connectivity index (χ1v) is 10.6. The molecule has 5 heteroatoms. The molecule has 4 aliphatic rings. The van der Waals surface area contributed by atoms with Gasteiger partial charge in [-0.2, -0.15) is 0 Å². The number of ketones is 2. The number of hydrogen-bond acceptors (Lipinski definition) is 4. The molecule has 5 nitrogen and oxygen atoms in total. The summed E-state index contributed by atoms with van der Waals surface area (Å²) in [5, 5.41) is 4.78. The highest BCUT2D eigenvalue weighted by Gasteiger charge is 2.68. The summed E-state index contributed by atoms with van der Waals surface area (Å²) in [6, 6.07) is 0. The zero-order valence-corrected chi connectivity index (χ0v) is 17.7. The predicted octanol–water partition coefficient (Wildman–Crippen LogP) is 4.25. The van der Waals surface area contributed by atoms with Crippen molar-refractivity contribution in [2.24, 2.45) is 50.6 Å². The second-order valence-corrected chi connectivity index (χ2v) is 11.3. The van der Waals surface area contributed by atoms with Crippen LogP contribution < -0.4 is 0 Å². The van der Waals surface area contributed by atoms with Crippen molar-refractivity contribution in [3.05, 3.63) is 4.91 Å². The van der Waals surface area contributed by atoms with E-state index in [4.69, 9.17) is 0 Å². The second kappa shape index (κ2) is 5.42. The standard InChI is InChI=1S/C22H34N2O3/c1-19(2)15-7-9-21(19,5)17(25)13(15)11-24(23-27)12-14-16-8-10-22(6,18(14)26)20(16,3)4/h13-16H,7-12H2,1-6H3. The topological polar surface area (TPSA) is 66.8 Å². The quantitative estimate of drug-likeness (QED) is 0.533. The lowest BCUT2D eigenvalue weighted by Crippen LogP contribution is -2.41. The maximum atomic E-state index is 13.1. The van der Waals surface area contributed by atoms with E-state index < -0.39 is 0 Å². The molecule has 4 rings (SSSR count). The fourth-order valence-corrected chi connectivity index (χ4v) is 7.56. The molecular weight excluding hydrogens is 340 g/mol. The molecule has 0 radical (unpaired) electrons. The Labute approximate surface area is 162 Å². The van der Waals surface area contributed by atoms with E-state index >= 15 is 0 Å². The summed E-state index contributed by atoms with van der Waals surface area (Å²) in [5.41, 5.74) is -0.620. The van der Waals surface area contributed by atoms with Gasteiger partial charge in [-0.3, -0.25) is 14.6 Å². The van der Waals surface area contributed by atoms with Gasteiger partial charge in [-0.1, -0.05) is 41.5 Å². The Morgan fingerprint density at radius 3 is 1.44 bits per heavy atom. The van der Waals surface area contributed by atoms with Crippen LogP contribution in [0.1, 0.15) is 67.2 Å². The van der Waals surface area contributed by atoms with Crippen molar-refractivity contribution in [3.8, 4) is 0 Å². The lowest BCUT2D eigenvalue weighted by atomic mass is 9.70. The van der Waals surface area contributed by atoms with E-state index in [1.54, 1.807) is 0 Å². The third-order valence-electron chi connectivity index (χ3n) is 10.3.